The van der Waals surface area contributed by atoms with Crippen LogP contribution >= 0.6 is 0 Å². The fraction of sp³-hybridized carbons (Fsp3) is 0.250. The minimum absolute atomic E-state index is 0. The summed E-state index contributed by atoms with van der Waals surface area (Å²) in [5, 5.41) is 1.14. The molecule has 0 saturated heterocycles. The summed E-state index contributed by atoms with van der Waals surface area (Å²) in [6.45, 7) is -7.17. The molecule has 5 heteroatoms. The van der Waals surface area contributed by atoms with Gasteiger partial charge in [0.15, 0.2) is 0 Å². The van der Waals surface area contributed by atoms with Crippen LogP contribution in [0.4, 0.5) is 0 Å². The van der Waals surface area contributed by atoms with Gasteiger partial charge in [0.2, 0.25) is 5.71 Å². The van der Waals surface area contributed by atoms with Crippen molar-refractivity contribution in [1.29, 1.82) is 0 Å². The van der Waals surface area contributed by atoms with Gasteiger partial charge in [0.1, 0.15) is 0 Å². The Balaban J connectivity index is 0.000000254. The monoisotopic (exact) mass is 1050 g/mol. The smallest absolute Gasteiger partial charge is 0.216 e. The molecule has 1 fully saturated rings. The van der Waals surface area contributed by atoms with Crippen molar-refractivity contribution in [3.8, 4) is 55.9 Å². The van der Waals surface area contributed by atoms with Crippen molar-refractivity contribution in [2.45, 2.75) is 93.0 Å². The van der Waals surface area contributed by atoms with E-state index in [4.69, 9.17) is 29.1 Å². The maximum absolute atomic E-state index is 8.95. The Labute approximate surface area is 424 Å². The topological polar surface area (TPSA) is 51.8 Å². The molecule has 0 N–H and O–H groups in total. The number of hydrogen-bond acceptors (Lipinski definition) is 4. The molecule has 4 nitrogen and oxygen atoms in total. The summed E-state index contributed by atoms with van der Waals surface area (Å²) in [5.74, 6) is -0.891. The summed E-state index contributed by atoms with van der Waals surface area (Å²) in [6.07, 6.45) is 4.19. The number of nitrogens with zero attached hydrogens (tertiary/aromatic N) is 3. The molecule has 0 spiro atoms. The van der Waals surface area contributed by atoms with E-state index in [1.165, 1.54) is 36.5 Å². The Kier molecular flexibility index (Phi) is 8.32. The Morgan fingerprint density at radius 1 is 0.677 bits per heavy atom. The van der Waals surface area contributed by atoms with Gasteiger partial charge in [-0.1, -0.05) is 142 Å². The van der Waals surface area contributed by atoms with Crippen LogP contribution in [0.2, 0.25) is 0 Å². The van der Waals surface area contributed by atoms with Gasteiger partial charge in [0.05, 0.1) is 5.58 Å². The first-order valence-corrected chi connectivity index (χ1v) is 21.2. The molecule has 65 heavy (non-hydrogen) atoms. The van der Waals surface area contributed by atoms with E-state index in [1.54, 1.807) is 66.9 Å². The Morgan fingerprint density at radius 2 is 1.46 bits per heavy atom. The molecule has 10 rings (SSSR count). The molecular formula is C60H57IrN3O-2. The zero-order chi connectivity index (χ0) is 59.8. The first-order chi connectivity index (χ1) is 38.1. The Morgan fingerprint density at radius 3 is 2.22 bits per heavy atom. The van der Waals surface area contributed by atoms with Crippen LogP contribution < -0.4 is 0 Å². The Hall–Kier alpha value is -6.00. The number of benzene rings is 5. The Bertz CT molecular complexity index is 3830. The van der Waals surface area contributed by atoms with Gasteiger partial charge >= 0.3 is 0 Å². The molecule has 4 heterocycles. The van der Waals surface area contributed by atoms with Crippen LogP contribution in [0.1, 0.15) is 116 Å². The summed E-state index contributed by atoms with van der Waals surface area (Å²) in [4.78, 5) is 13.1. The summed E-state index contributed by atoms with van der Waals surface area (Å²) in [7, 11) is 0. The second kappa shape index (κ2) is 19.2. The fourth-order valence-electron chi connectivity index (χ4n) is 8.24. The number of rotatable bonds is 7. The average molecular weight is 1050 g/mol. The van der Waals surface area contributed by atoms with Crippen molar-refractivity contribution < 1.29 is 49.2 Å². The second-order valence-corrected chi connectivity index (χ2v) is 17.0. The van der Waals surface area contributed by atoms with Gasteiger partial charge in [-0.3, -0.25) is 0 Å². The maximum atomic E-state index is 8.95. The number of fused-ring (bicyclic) bond motifs is 3. The molecule has 0 atom stereocenters. The number of pyridine rings is 3. The standard InChI is InChI=1S/C37H33N2O.C23H24N.Ir/c1-22-18-27(26-8-5-6-9-26)13-16-29(22)28-14-17-30(23(2)19-28)34-20-35(38-21-24(34)3)33-11-7-10-31-32-15-12-25(4)39-37(32)40-36(31)33;1-17-10-12-20(14-21(17)19-8-6-5-7-9-19)22-13-11-18(16-24-22)15-23(2,3)4;/h7,10,12-21,26H,5-6,8-9H2,1-4H3;5-11,13-14,16H,15H2,1-4H3;/q2*-1;/i1D3,2D3,3D3,4D3,26D;1D3,15D2;. The first-order valence-electron chi connectivity index (χ1n) is 30.2. The molecule has 0 bridgehead atoms. The van der Waals surface area contributed by atoms with Crippen molar-refractivity contribution in [2.75, 3.05) is 0 Å². The molecular weight excluding hydrogens is 971 g/mol. The molecule has 1 aliphatic carbocycles. The quantitative estimate of drug-likeness (QED) is 0.149. The van der Waals surface area contributed by atoms with Crippen LogP contribution in [0.3, 0.4) is 0 Å². The molecule has 0 unspecified atom stereocenters. The normalized spacial score (nSPS) is 18.6. The molecule has 5 aromatic carbocycles. The van der Waals surface area contributed by atoms with E-state index in [-0.39, 0.29) is 76.2 Å². The number of hydrogen-bond donors (Lipinski definition) is 0. The van der Waals surface area contributed by atoms with E-state index in [1.807, 2.05) is 51.1 Å². The second-order valence-electron chi connectivity index (χ2n) is 17.0. The van der Waals surface area contributed by atoms with Crippen LogP contribution in [-0.2, 0) is 26.5 Å². The van der Waals surface area contributed by atoms with Gasteiger partial charge < -0.3 is 14.4 Å². The third kappa shape index (κ3) is 9.98. The van der Waals surface area contributed by atoms with Gasteiger partial charge in [0, 0.05) is 68.3 Å². The van der Waals surface area contributed by atoms with Crippen LogP contribution in [-0.4, -0.2) is 15.0 Å². The molecule has 1 aliphatic rings. The zero-order valence-corrected chi connectivity index (χ0v) is 38.5. The van der Waals surface area contributed by atoms with E-state index in [2.05, 4.69) is 27.1 Å². The maximum Gasteiger partial charge on any atom is 0.216 e. The van der Waals surface area contributed by atoms with Gasteiger partial charge in [-0.15, -0.1) is 47.5 Å². The van der Waals surface area contributed by atoms with Crippen molar-refractivity contribution >= 4 is 22.1 Å². The number of aryl methyl sites for hydroxylation is 5. The van der Waals surface area contributed by atoms with Gasteiger partial charge in [-0.05, 0) is 137 Å². The number of aromatic nitrogens is 3. The van der Waals surface area contributed by atoms with Crippen molar-refractivity contribution in [2.24, 2.45) is 5.41 Å². The van der Waals surface area contributed by atoms with E-state index >= 15 is 0 Å². The summed E-state index contributed by atoms with van der Waals surface area (Å²) < 4.78 is 154. The summed E-state index contributed by atoms with van der Waals surface area (Å²) in [6, 6.07) is 39.5. The SMILES string of the molecule is [2H]C([2H])([2H])c1c[c-]c(-c2ccc(C([2H])([2H])C(C)(C)C)cn2)cc1-c1ccccc1.[2H]C([2H])([2H])c1ccc2c(n1)oc1c(-c3cc(-c4ccc(-c5ccc(C6([2H])CCCC6)cc5C([2H])([2H])[2H])cc4C([2H])([2H])[2H])c(C([2H])([2H])[2H])cn3)[c-]ccc12.[Ir]. The molecule has 1 radical (unpaired) electrons. The van der Waals surface area contributed by atoms with E-state index in [0.717, 1.165) is 18.4 Å². The van der Waals surface area contributed by atoms with E-state index < -0.39 is 51.9 Å². The van der Waals surface area contributed by atoms with Gasteiger partial charge in [-0.2, -0.15) is 0 Å². The summed E-state index contributed by atoms with van der Waals surface area (Å²) >= 11 is 0. The fourth-order valence-corrected chi connectivity index (χ4v) is 8.24. The third-order valence-electron chi connectivity index (χ3n) is 11.3. The summed E-state index contributed by atoms with van der Waals surface area (Å²) in [5.41, 5.74) is 4.63. The number of furan rings is 1. The first kappa shape index (κ1) is 28.1. The van der Waals surface area contributed by atoms with Crippen molar-refractivity contribution in [3.63, 3.8) is 0 Å². The molecule has 9 aromatic rings. The molecule has 0 aliphatic heterocycles. The van der Waals surface area contributed by atoms with Crippen LogP contribution in [0.15, 0.2) is 138 Å². The predicted molar refractivity (Wildman–Crippen MR) is 266 cm³/mol. The van der Waals surface area contributed by atoms with Crippen LogP contribution in [0, 0.1) is 51.8 Å². The minimum atomic E-state index is -2.76. The molecule has 0 amide bonds. The van der Waals surface area contributed by atoms with Gasteiger partial charge in [0.25, 0.3) is 0 Å². The zero-order valence-electron chi connectivity index (χ0n) is 54.1. The van der Waals surface area contributed by atoms with Crippen molar-refractivity contribution in [3.05, 3.63) is 185 Å². The largest absolute Gasteiger partial charge is 0.486 e. The minimum Gasteiger partial charge on any atom is -0.486 e. The predicted octanol–water partition coefficient (Wildman–Crippen LogP) is 16.2. The van der Waals surface area contributed by atoms with Crippen molar-refractivity contribution in [1.82, 2.24) is 15.0 Å². The average Bonchev–Trinajstić information content (AvgIpc) is 4.20. The molecule has 329 valence electrons. The van der Waals surface area contributed by atoms with Gasteiger partial charge in [-0.25, -0.2) is 4.98 Å². The van der Waals surface area contributed by atoms with Crippen LogP contribution in [0.25, 0.3) is 78.0 Å². The molecule has 4 aromatic heterocycles. The van der Waals surface area contributed by atoms with E-state index in [9.17, 15) is 0 Å². The van der Waals surface area contributed by atoms with Crippen LogP contribution in [0.5, 0.6) is 0 Å². The molecule has 1 saturated carbocycles. The van der Waals surface area contributed by atoms with E-state index in [0.29, 0.717) is 68.3 Å². The third-order valence-corrected chi connectivity index (χ3v) is 11.3.